The second-order valence-electron chi connectivity index (χ2n) is 7.03. The number of ether oxygens (including phenoxy) is 1. The standard InChI is InChI=1S/C20H21BO7S/c1-13(22)7-14-4-6-19(17(8-14)10-20(23)27-2)29(25,26)12-15-3-5-16-11-28-21(24)18(16)9-15/h3-6,8-9,24H,7,10-12H2,1-2H3. The minimum Gasteiger partial charge on any atom is -0.469 e. The summed E-state index contributed by atoms with van der Waals surface area (Å²) in [7, 11) is -3.62. The molecular weight excluding hydrogens is 395 g/mol. The van der Waals surface area contributed by atoms with Crippen LogP contribution in [0.25, 0.3) is 0 Å². The Labute approximate surface area is 169 Å². The molecule has 0 amide bonds. The van der Waals surface area contributed by atoms with Crippen LogP contribution in [0.15, 0.2) is 41.3 Å². The fourth-order valence-corrected chi connectivity index (χ4v) is 4.93. The number of ketones is 1. The van der Waals surface area contributed by atoms with Gasteiger partial charge in [0.05, 0.1) is 30.8 Å². The molecule has 9 heteroatoms. The van der Waals surface area contributed by atoms with Crippen molar-refractivity contribution in [1.82, 2.24) is 0 Å². The number of esters is 1. The number of carbonyl (C=O) groups excluding carboxylic acids is 2. The lowest BCUT2D eigenvalue weighted by atomic mass is 9.79. The van der Waals surface area contributed by atoms with E-state index in [2.05, 4.69) is 4.74 Å². The molecule has 0 fully saturated rings. The summed E-state index contributed by atoms with van der Waals surface area (Å²) in [6.45, 7) is 1.72. The van der Waals surface area contributed by atoms with E-state index in [9.17, 15) is 23.0 Å². The minimum atomic E-state index is -3.79. The van der Waals surface area contributed by atoms with Gasteiger partial charge in [0.2, 0.25) is 0 Å². The highest BCUT2D eigenvalue weighted by Crippen LogP contribution is 2.24. The van der Waals surface area contributed by atoms with E-state index in [1.165, 1.54) is 20.1 Å². The molecule has 29 heavy (non-hydrogen) atoms. The number of carbonyl (C=O) groups is 2. The zero-order valence-electron chi connectivity index (χ0n) is 16.2. The van der Waals surface area contributed by atoms with E-state index in [1.54, 1.807) is 30.3 Å². The number of Topliss-reactive ketones (excluding diaryl/α,β-unsaturated/α-hetero) is 1. The Morgan fingerprint density at radius 3 is 2.55 bits per heavy atom. The van der Waals surface area contributed by atoms with Gasteiger partial charge in [-0.05, 0) is 40.7 Å². The van der Waals surface area contributed by atoms with Gasteiger partial charge in [-0.3, -0.25) is 9.59 Å². The van der Waals surface area contributed by atoms with Gasteiger partial charge in [0.1, 0.15) is 5.78 Å². The first-order valence-corrected chi connectivity index (χ1v) is 10.7. The lowest BCUT2D eigenvalue weighted by Gasteiger charge is -2.13. The van der Waals surface area contributed by atoms with Crippen molar-refractivity contribution in [3.05, 3.63) is 58.7 Å². The highest BCUT2D eigenvalue weighted by Gasteiger charge is 2.28. The second-order valence-corrected chi connectivity index (χ2v) is 8.99. The van der Waals surface area contributed by atoms with Crippen LogP contribution in [0.5, 0.6) is 0 Å². The number of hydrogen-bond donors (Lipinski definition) is 1. The molecule has 1 aliphatic rings. The summed E-state index contributed by atoms with van der Waals surface area (Å²) in [5.41, 5.74) is 2.81. The second kappa shape index (κ2) is 8.48. The van der Waals surface area contributed by atoms with Crippen molar-refractivity contribution in [2.45, 2.75) is 37.0 Å². The van der Waals surface area contributed by atoms with Gasteiger partial charge in [-0.25, -0.2) is 8.42 Å². The molecule has 152 valence electrons. The zero-order valence-corrected chi connectivity index (χ0v) is 17.0. The molecule has 0 radical (unpaired) electrons. The van der Waals surface area contributed by atoms with Gasteiger partial charge in [-0.15, -0.1) is 0 Å². The van der Waals surface area contributed by atoms with Crippen molar-refractivity contribution in [3.63, 3.8) is 0 Å². The summed E-state index contributed by atoms with van der Waals surface area (Å²) in [5, 5.41) is 9.84. The molecule has 0 atom stereocenters. The summed E-state index contributed by atoms with van der Waals surface area (Å²) in [6, 6.07) is 9.61. The highest BCUT2D eigenvalue weighted by atomic mass is 32.2. The Morgan fingerprint density at radius 1 is 1.14 bits per heavy atom. The van der Waals surface area contributed by atoms with Gasteiger partial charge >= 0.3 is 13.1 Å². The summed E-state index contributed by atoms with van der Waals surface area (Å²) in [5.74, 6) is -0.935. The monoisotopic (exact) mass is 416 g/mol. The molecule has 0 aliphatic carbocycles. The van der Waals surface area contributed by atoms with Gasteiger partial charge in [0.15, 0.2) is 9.84 Å². The molecule has 1 N–H and O–H groups in total. The molecule has 0 aromatic heterocycles. The molecule has 7 nitrogen and oxygen atoms in total. The highest BCUT2D eigenvalue weighted by molar-refractivity contribution is 7.90. The molecule has 0 bridgehead atoms. The van der Waals surface area contributed by atoms with Crippen LogP contribution in [-0.2, 0) is 54.0 Å². The van der Waals surface area contributed by atoms with Crippen molar-refractivity contribution in [3.8, 4) is 0 Å². The molecule has 2 aromatic carbocycles. The Bertz CT molecular complexity index is 1060. The van der Waals surface area contributed by atoms with E-state index in [0.717, 1.165) is 5.56 Å². The van der Waals surface area contributed by atoms with Crippen LogP contribution in [-0.4, -0.2) is 39.4 Å². The lowest BCUT2D eigenvalue weighted by Crippen LogP contribution is -2.28. The van der Waals surface area contributed by atoms with Crippen LogP contribution >= 0.6 is 0 Å². The van der Waals surface area contributed by atoms with Gasteiger partial charge in [-0.1, -0.05) is 30.3 Å². The normalized spacial score (nSPS) is 13.3. The molecule has 1 heterocycles. The molecule has 0 unspecified atom stereocenters. The third-order valence-electron chi connectivity index (χ3n) is 4.71. The van der Waals surface area contributed by atoms with Crippen molar-refractivity contribution in [2.75, 3.05) is 7.11 Å². The maximum Gasteiger partial charge on any atom is 0.491 e. The molecule has 0 spiro atoms. The molecular formula is C20H21BO7S. The van der Waals surface area contributed by atoms with Gasteiger partial charge in [0.25, 0.3) is 0 Å². The van der Waals surface area contributed by atoms with Crippen LogP contribution in [0, 0.1) is 0 Å². The van der Waals surface area contributed by atoms with E-state index in [-0.39, 0.29) is 35.9 Å². The Morgan fingerprint density at radius 2 is 1.86 bits per heavy atom. The van der Waals surface area contributed by atoms with Gasteiger partial charge < -0.3 is 14.4 Å². The maximum absolute atomic E-state index is 13.1. The third kappa shape index (κ3) is 4.93. The minimum absolute atomic E-state index is 0.0208. The van der Waals surface area contributed by atoms with E-state index in [0.29, 0.717) is 22.2 Å². The van der Waals surface area contributed by atoms with E-state index >= 15 is 0 Å². The number of methoxy groups -OCH3 is 1. The first kappa shape index (κ1) is 21.2. The first-order chi connectivity index (χ1) is 13.7. The van der Waals surface area contributed by atoms with Crippen LogP contribution < -0.4 is 5.46 Å². The van der Waals surface area contributed by atoms with Crippen molar-refractivity contribution < 1.29 is 32.4 Å². The molecule has 0 saturated carbocycles. The fourth-order valence-electron chi connectivity index (χ4n) is 3.35. The Kier molecular flexibility index (Phi) is 6.21. The quantitative estimate of drug-likeness (QED) is 0.524. The van der Waals surface area contributed by atoms with E-state index < -0.39 is 22.9 Å². The summed E-state index contributed by atoms with van der Waals surface area (Å²) >= 11 is 0. The third-order valence-corrected chi connectivity index (χ3v) is 6.49. The van der Waals surface area contributed by atoms with Crippen LogP contribution in [0.1, 0.15) is 29.2 Å². The smallest absolute Gasteiger partial charge is 0.469 e. The number of sulfone groups is 1. The number of rotatable bonds is 7. The average Bonchev–Trinajstić information content (AvgIpc) is 3.01. The molecule has 0 saturated heterocycles. The molecule has 3 rings (SSSR count). The van der Waals surface area contributed by atoms with Crippen LogP contribution in [0.4, 0.5) is 0 Å². The lowest BCUT2D eigenvalue weighted by molar-refractivity contribution is -0.139. The van der Waals surface area contributed by atoms with Gasteiger partial charge in [0, 0.05) is 6.42 Å². The van der Waals surface area contributed by atoms with Crippen molar-refractivity contribution in [1.29, 1.82) is 0 Å². The van der Waals surface area contributed by atoms with Crippen molar-refractivity contribution >= 4 is 34.2 Å². The topological polar surface area (TPSA) is 107 Å². The van der Waals surface area contributed by atoms with E-state index in [1.807, 2.05) is 0 Å². The van der Waals surface area contributed by atoms with Crippen molar-refractivity contribution in [2.24, 2.45) is 0 Å². The molecule has 1 aliphatic heterocycles. The number of benzene rings is 2. The molecule has 2 aromatic rings. The maximum atomic E-state index is 13.1. The largest absolute Gasteiger partial charge is 0.491 e. The number of fused-ring (bicyclic) bond motifs is 1. The number of hydrogen-bond acceptors (Lipinski definition) is 7. The fraction of sp³-hybridized carbons (Fsp3) is 0.300. The summed E-state index contributed by atoms with van der Waals surface area (Å²) in [4.78, 5) is 23.2. The Hall–Kier alpha value is -2.49. The Balaban J connectivity index is 1.95. The average molecular weight is 416 g/mol. The SMILES string of the molecule is COC(=O)Cc1cc(CC(C)=O)ccc1S(=O)(=O)Cc1ccc2c(c1)B(O)OC2. The first-order valence-electron chi connectivity index (χ1n) is 9.02. The summed E-state index contributed by atoms with van der Waals surface area (Å²) < 4.78 is 36.0. The van der Waals surface area contributed by atoms with E-state index in [4.69, 9.17) is 4.65 Å². The zero-order chi connectivity index (χ0) is 21.2. The summed E-state index contributed by atoms with van der Waals surface area (Å²) in [6.07, 6.45) is -0.0647. The predicted molar refractivity (Wildman–Crippen MR) is 106 cm³/mol. The predicted octanol–water partition coefficient (Wildman–Crippen LogP) is 0.725. The van der Waals surface area contributed by atoms with Crippen LogP contribution in [0.3, 0.4) is 0 Å². The van der Waals surface area contributed by atoms with Gasteiger partial charge in [-0.2, -0.15) is 0 Å². The van der Waals surface area contributed by atoms with Crippen LogP contribution in [0.2, 0.25) is 0 Å².